The van der Waals surface area contributed by atoms with Crippen LogP contribution in [0.15, 0.2) is 54.4 Å². The Morgan fingerprint density at radius 1 is 0.639 bits per heavy atom. The summed E-state index contributed by atoms with van der Waals surface area (Å²) in [6, 6.07) is 12.6. The molecule has 0 fully saturated rings. The molecule has 0 saturated carbocycles. The number of ether oxygens (including phenoxy) is 2. The number of unbranched alkanes of at least 4 members (excludes halogenated alkanes) is 10. The van der Waals surface area contributed by atoms with E-state index in [-0.39, 0.29) is 17.5 Å². The van der Waals surface area contributed by atoms with Crippen LogP contribution in [0.1, 0.15) is 113 Å². The topological polar surface area (TPSA) is 35.5 Å². The normalized spacial score (nSPS) is 11.8. The van der Waals surface area contributed by atoms with Crippen molar-refractivity contribution in [1.82, 2.24) is 0 Å². The lowest BCUT2D eigenvalue weighted by Crippen LogP contribution is -2.08. The van der Waals surface area contributed by atoms with E-state index in [0.29, 0.717) is 18.8 Å². The summed E-state index contributed by atoms with van der Waals surface area (Å²) < 4.78 is 39.7. The van der Waals surface area contributed by atoms with E-state index in [1.807, 2.05) is 0 Å². The largest absolute Gasteiger partial charge is 0.494 e. The number of carbonyl (C=O) groups excluding carboxylic acids is 1. The minimum atomic E-state index is -0.863. The first-order chi connectivity index (χ1) is 17.5. The summed E-state index contributed by atoms with van der Waals surface area (Å²) in [6.45, 7) is 5.01. The van der Waals surface area contributed by atoms with Crippen LogP contribution in [0.4, 0.5) is 8.78 Å². The van der Waals surface area contributed by atoms with E-state index in [1.165, 1.54) is 62.8 Å². The molecule has 2 aromatic rings. The van der Waals surface area contributed by atoms with Crippen LogP contribution < -0.4 is 9.47 Å². The average Bonchev–Trinajstić information content (AvgIpc) is 2.90. The predicted octanol–water partition coefficient (Wildman–Crippen LogP) is 10.0. The summed E-state index contributed by atoms with van der Waals surface area (Å²) in [4.78, 5) is 12.4. The minimum absolute atomic E-state index is 0.0953. The van der Waals surface area contributed by atoms with Gasteiger partial charge in [0.15, 0.2) is 5.83 Å². The second kappa shape index (κ2) is 17.7. The van der Waals surface area contributed by atoms with E-state index in [1.54, 1.807) is 24.3 Å². The van der Waals surface area contributed by atoms with Crippen molar-refractivity contribution in [2.24, 2.45) is 0 Å². The smallest absolute Gasteiger partial charge is 0.343 e. The number of halogens is 2. The van der Waals surface area contributed by atoms with Crippen molar-refractivity contribution in [2.75, 3.05) is 6.61 Å². The third-order valence-electron chi connectivity index (χ3n) is 6.16. The first kappa shape index (κ1) is 29.5. The van der Waals surface area contributed by atoms with E-state index in [0.717, 1.165) is 37.9 Å². The lowest BCUT2D eigenvalue weighted by molar-refractivity contribution is 0.0734. The van der Waals surface area contributed by atoms with Gasteiger partial charge in [0.1, 0.15) is 17.3 Å². The molecule has 0 saturated heterocycles. The molecule has 0 radical (unpaired) electrons. The van der Waals surface area contributed by atoms with Gasteiger partial charge in [0, 0.05) is 12.0 Å². The molecule has 36 heavy (non-hydrogen) atoms. The predicted molar refractivity (Wildman–Crippen MR) is 144 cm³/mol. The minimum Gasteiger partial charge on any atom is -0.494 e. The summed E-state index contributed by atoms with van der Waals surface area (Å²) in [7, 11) is 0. The number of rotatable bonds is 18. The zero-order valence-corrected chi connectivity index (χ0v) is 22.0. The van der Waals surface area contributed by atoms with Crippen molar-refractivity contribution >= 4 is 11.8 Å². The number of hydrogen-bond acceptors (Lipinski definition) is 3. The van der Waals surface area contributed by atoms with Gasteiger partial charge in [-0.2, -0.15) is 0 Å². The molecular formula is C31H42F2O3. The van der Waals surface area contributed by atoms with Crippen LogP contribution in [0.2, 0.25) is 0 Å². The Balaban J connectivity index is 1.76. The van der Waals surface area contributed by atoms with Crippen molar-refractivity contribution in [3.05, 3.63) is 65.5 Å². The summed E-state index contributed by atoms with van der Waals surface area (Å²) in [5.41, 5.74) is 0.394. The molecule has 0 heterocycles. The van der Waals surface area contributed by atoms with Crippen LogP contribution in [0.3, 0.4) is 0 Å². The molecule has 198 valence electrons. The summed E-state index contributed by atoms with van der Waals surface area (Å²) >= 11 is 0. The standard InChI is InChI=1S/C31H42F2O3/c1-3-5-7-9-10-12-14-24-35-27-20-22-28(23-21-27)36-31(34)26-18-16-25(17-19-26)30(33)29(32)15-13-11-8-6-4-2/h16-23H,3-15,24H2,1-2H3/b30-29+. The lowest BCUT2D eigenvalue weighted by Gasteiger charge is -2.08. The molecule has 2 aromatic carbocycles. The molecule has 2 rings (SSSR count). The van der Waals surface area contributed by atoms with Gasteiger partial charge in [-0.25, -0.2) is 13.6 Å². The van der Waals surface area contributed by atoms with E-state index in [4.69, 9.17) is 9.47 Å². The Labute approximate surface area is 215 Å². The van der Waals surface area contributed by atoms with Gasteiger partial charge in [-0.05, 0) is 49.2 Å². The number of hydrogen-bond donors (Lipinski definition) is 0. The second-order valence-corrected chi connectivity index (χ2v) is 9.29. The third kappa shape index (κ3) is 11.4. The van der Waals surface area contributed by atoms with E-state index in [9.17, 15) is 13.6 Å². The van der Waals surface area contributed by atoms with Crippen molar-refractivity contribution in [3.63, 3.8) is 0 Å². The first-order valence-corrected chi connectivity index (χ1v) is 13.6. The second-order valence-electron chi connectivity index (χ2n) is 9.29. The molecule has 0 aliphatic carbocycles. The van der Waals surface area contributed by atoms with Gasteiger partial charge in [0.05, 0.1) is 12.2 Å². The van der Waals surface area contributed by atoms with Crippen molar-refractivity contribution in [3.8, 4) is 11.5 Å². The SMILES string of the molecule is CCCCCCCCCOc1ccc(OC(=O)c2ccc(/C(F)=C(\F)CCCCCCC)cc2)cc1. The van der Waals surface area contributed by atoms with Crippen molar-refractivity contribution < 1.29 is 23.0 Å². The molecular weight excluding hydrogens is 458 g/mol. The van der Waals surface area contributed by atoms with Crippen molar-refractivity contribution in [1.29, 1.82) is 0 Å². The maximum Gasteiger partial charge on any atom is 0.343 e. The van der Waals surface area contributed by atoms with Crippen LogP contribution >= 0.6 is 0 Å². The van der Waals surface area contributed by atoms with Crippen LogP contribution in [0.25, 0.3) is 5.83 Å². The molecule has 0 unspecified atom stereocenters. The maximum atomic E-state index is 14.4. The molecule has 3 nitrogen and oxygen atoms in total. The molecule has 0 aliphatic heterocycles. The highest BCUT2D eigenvalue weighted by molar-refractivity contribution is 5.91. The fourth-order valence-electron chi connectivity index (χ4n) is 3.92. The summed E-state index contributed by atoms with van der Waals surface area (Å²) in [5.74, 6) is -1.03. The van der Waals surface area contributed by atoms with Gasteiger partial charge in [0.25, 0.3) is 0 Å². The van der Waals surface area contributed by atoms with Gasteiger partial charge >= 0.3 is 5.97 Å². The number of allylic oxidation sites excluding steroid dienone is 1. The highest BCUT2D eigenvalue weighted by Crippen LogP contribution is 2.26. The van der Waals surface area contributed by atoms with E-state index in [2.05, 4.69) is 13.8 Å². The number of carbonyl (C=O) groups is 1. The molecule has 0 amide bonds. The van der Waals surface area contributed by atoms with Gasteiger partial charge in [0.2, 0.25) is 0 Å². The third-order valence-corrected chi connectivity index (χ3v) is 6.16. The summed E-state index contributed by atoms with van der Waals surface area (Å²) in [5, 5.41) is 0. The van der Waals surface area contributed by atoms with Crippen LogP contribution in [0.5, 0.6) is 11.5 Å². The molecule has 0 atom stereocenters. The highest BCUT2D eigenvalue weighted by atomic mass is 19.2. The fourth-order valence-corrected chi connectivity index (χ4v) is 3.92. The lowest BCUT2D eigenvalue weighted by atomic mass is 10.1. The number of benzene rings is 2. The van der Waals surface area contributed by atoms with Gasteiger partial charge < -0.3 is 9.47 Å². The fraction of sp³-hybridized carbons (Fsp3) is 0.516. The zero-order valence-electron chi connectivity index (χ0n) is 22.0. The van der Waals surface area contributed by atoms with Crippen molar-refractivity contribution in [2.45, 2.75) is 97.3 Å². The Morgan fingerprint density at radius 2 is 1.14 bits per heavy atom. The van der Waals surface area contributed by atoms with E-state index < -0.39 is 17.6 Å². The quantitative estimate of drug-likeness (QED) is 0.116. The Hall–Kier alpha value is -2.69. The Morgan fingerprint density at radius 3 is 1.75 bits per heavy atom. The Kier molecular flexibility index (Phi) is 14.5. The molecule has 0 N–H and O–H groups in total. The zero-order chi connectivity index (χ0) is 26.0. The molecule has 0 aliphatic rings. The molecule has 0 bridgehead atoms. The first-order valence-electron chi connectivity index (χ1n) is 13.6. The Bertz CT molecular complexity index is 904. The van der Waals surface area contributed by atoms with Gasteiger partial charge in [-0.15, -0.1) is 0 Å². The van der Waals surface area contributed by atoms with E-state index >= 15 is 0 Å². The molecule has 5 heteroatoms. The number of esters is 1. The average molecular weight is 501 g/mol. The summed E-state index contributed by atoms with van der Waals surface area (Å²) in [6.07, 6.45) is 13.5. The highest BCUT2D eigenvalue weighted by Gasteiger charge is 2.12. The maximum absolute atomic E-state index is 14.4. The van der Waals surface area contributed by atoms with Gasteiger partial charge in [-0.3, -0.25) is 0 Å². The van der Waals surface area contributed by atoms with Crippen LogP contribution in [0, 0.1) is 0 Å². The monoisotopic (exact) mass is 500 g/mol. The molecule has 0 aromatic heterocycles. The van der Waals surface area contributed by atoms with Crippen LogP contribution in [-0.2, 0) is 0 Å². The molecule has 0 spiro atoms. The van der Waals surface area contributed by atoms with Crippen LogP contribution in [-0.4, -0.2) is 12.6 Å². The van der Waals surface area contributed by atoms with Gasteiger partial charge in [-0.1, -0.05) is 90.2 Å².